The summed E-state index contributed by atoms with van der Waals surface area (Å²) >= 11 is 0. The molecule has 1 aliphatic rings. The SMILES string of the molecule is C[C@H](CN1CCCC1=O)NC(=O)[C@H](C)CCc1ccccc1F. The average Bonchev–Trinajstić information content (AvgIpc) is 2.91. The Balaban J connectivity index is 1.76. The van der Waals surface area contributed by atoms with Gasteiger partial charge in [0.15, 0.2) is 0 Å². The van der Waals surface area contributed by atoms with Crippen molar-refractivity contribution in [3.05, 3.63) is 35.6 Å². The van der Waals surface area contributed by atoms with Gasteiger partial charge < -0.3 is 10.2 Å². The van der Waals surface area contributed by atoms with Crippen LogP contribution in [0.25, 0.3) is 0 Å². The molecule has 0 radical (unpaired) electrons. The van der Waals surface area contributed by atoms with Gasteiger partial charge in [-0.25, -0.2) is 4.39 Å². The van der Waals surface area contributed by atoms with E-state index in [4.69, 9.17) is 0 Å². The van der Waals surface area contributed by atoms with Gasteiger partial charge in [0.25, 0.3) is 0 Å². The monoisotopic (exact) mass is 320 g/mol. The number of nitrogens with zero attached hydrogens (tertiary/aromatic N) is 1. The van der Waals surface area contributed by atoms with Crippen LogP contribution in [0.15, 0.2) is 24.3 Å². The zero-order chi connectivity index (χ0) is 16.8. The van der Waals surface area contributed by atoms with Gasteiger partial charge in [-0.2, -0.15) is 0 Å². The second-order valence-electron chi connectivity index (χ2n) is 6.38. The van der Waals surface area contributed by atoms with Crippen LogP contribution in [0.1, 0.15) is 38.7 Å². The fourth-order valence-electron chi connectivity index (χ4n) is 2.86. The van der Waals surface area contributed by atoms with Crippen LogP contribution in [0.3, 0.4) is 0 Å². The van der Waals surface area contributed by atoms with Gasteiger partial charge in [0, 0.05) is 31.5 Å². The summed E-state index contributed by atoms with van der Waals surface area (Å²) in [4.78, 5) is 25.6. The lowest BCUT2D eigenvalue weighted by atomic mass is 10.00. The van der Waals surface area contributed by atoms with E-state index in [-0.39, 0.29) is 29.6 Å². The Kier molecular flexibility index (Phi) is 6.13. The summed E-state index contributed by atoms with van der Waals surface area (Å²) in [6.07, 6.45) is 2.65. The molecule has 1 aliphatic heterocycles. The Morgan fingerprint density at radius 2 is 2.09 bits per heavy atom. The van der Waals surface area contributed by atoms with Gasteiger partial charge in [0.2, 0.25) is 11.8 Å². The molecule has 1 saturated heterocycles. The summed E-state index contributed by atoms with van der Waals surface area (Å²) < 4.78 is 13.6. The van der Waals surface area contributed by atoms with Gasteiger partial charge >= 0.3 is 0 Å². The van der Waals surface area contributed by atoms with E-state index in [0.717, 1.165) is 13.0 Å². The zero-order valence-corrected chi connectivity index (χ0v) is 13.8. The summed E-state index contributed by atoms with van der Waals surface area (Å²) in [6, 6.07) is 6.59. The van der Waals surface area contributed by atoms with Crippen molar-refractivity contribution in [3.8, 4) is 0 Å². The molecule has 1 N–H and O–H groups in total. The molecule has 4 nitrogen and oxygen atoms in total. The number of hydrogen-bond donors (Lipinski definition) is 1. The van der Waals surface area contributed by atoms with E-state index in [2.05, 4.69) is 5.32 Å². The Labute approximate surface area is 137 Å². The van der Waals surface area contributed by atoms with Gasteiger partial charge in [0.05, 0.1) is 0 Å². The minimum atomic E-state index is -0.221. The van der Waals surface area contributed by atoms with Crippen LogP contribution in [0.5, 0.6) is 0 Å². The highest BCUT2D eigenvalue weighted by molar-refractivity contribution is 5.79. The maximum Gasteiger partial charge on any atom is 0.223 e. The van der Waals surface area contributed by atoms with Crippen molar-refractivity contribution in [2.45, 2.75) is 45.6 Å². The lowest BCUT2D eigenvalue weighted by molar-refractivity contribution is -0.129. The number of aryl methyl sites for hydroxylation is 1. The Morgan fingerprint density at radius 3 is 2.74 bits per heavy atom. The summed E-state index contributed by atoms with van der Waals surface area (Å²) in [5.74, 6) is -0.286. The van der Waals surface area contributed by atoms with Crippen LogP contribution in [0.2, 0.25) is 0 Å². The molecule has 0 aromatic heterocycles. The lowest BCUT2D eigenvalue weighted by Crippen LogP contribution is -2.44. The van der Waals surface area contributed by atoms with Gasteiger partial charge in [-0.3, -0.25) is 9.59 Å². The predicted octanol–water partition coefficient (Wildman–Crippen LogP) is 2.52. The van der Waals surface area contributed by atoms with E-state index in [0.29, 0.717) is 31.4 Å². The third-order valence-corrected chi connectivity index (χ3v) is 4.31. The van der Waals surface area contributed by atoms with Crippen LogP contribution < -0.4 is 5.32 Å². The van der Waals surface area contributed by atoms with Crippen molar-refractivity contribution in [1.29, 1.82) is 0 Å². The molecule has 2 rings (SSSR count). The van der Waals surface area contributed by atoms with Crippen molar-refractivity contribution >= 4 is 11.8 Å². The molecular formula is C18H25FN2O2. The number of hydrogen-bond acceptors (Lipinski definition) is 2. The van der Waals surface area contributed by atoms with E-state index in [1.807, 2.05) is 13.8 Å². The number of rotatable bonds is 7. The fourth-order valence-corrected chi connectivity index (χ4v) is 2.86. The van der Waals surface area contributed by atoms with E-state index in [1.165, 1.54) is 6.07 Å². The normalized spacial score (nSPS) is 17.2. The van der Waals surface area contributed by atoms with E-state index in [1.54, 1.807) is 23.1 Å². The topological polar surface area (TPSA) is 49.4 Å². The molecule has 0 saturated carbocycles. The molecule has 0 spiro atoms. The average molecular weight is 320 g/mol. The number of likely N-dealkylation sites (tertiary alicyclic amines) is 1. The van der Waals surface area contributed by atoms with Gasteiger partial charge in [0.1, 0.15) is 5.82 Å². The Bertz CT molecular complexity index is 562. The van der Waals surface area contributed by atoms with Crippen LogP contribution in [0, 0.1) is 11.7 Å². The molecule has 1 aromatic carbocycles. The fraction of sp³-hybridized carbons (Fsp3) is 0.556. The molecule has 23 heavy (non-hydrogen) atoms. The number of halogens is 1. The molecule has 0 bridgehead atoms. The molecule has 126 valence electrons. The molecule has 1 heterocycles. The maximum atomic E-state index is 13.6. The first-order valence-electron chi connectivity index (χ1n) is 8.29. The number of carbonyl (C=O) groups is 2. The summed E-state index contributed by atoms with van der Waals surface area (Å²) in [6.45, 7) is 5.10. The number of carbonyl (C=O) groups excluding carboxylic acids is 2. The molecule has 2 atom stereocenters. The first-order chi connectivity index (χ1) is 11.0. The summed E-state index contributed by atoms with van der Waals surface area (Å²) in [7, 11) is 0. The molecule has 5 heteroatoms. The van der Waals surface area contributed by atoms with Crippen LogP contribution in [0.4, 0.5) is 4.39 Å². The molecule has 0 unspecified atom stereocenters. The summed E-state index contributed by atoms with van der Waals surface area (Å²) in [5, 5.41) is 2.95. The molecule has 0 aliphatic carbocycles. The first-order valence-corrected chi connectivity index (χ1v) is 8.29. The second kappa shape index (κ2) is 8.09. The van der Waals surface area contributed by atoms with Crippen molar-refractivity contribution in [3.63, 3.8) is 0 Å². The molecule has 1 aromatic rings. The van der Waals surface area contributed by atoms with Crippen LogP contribution in [-0.4, -0.2) is 35.8 Å². The van der Waals surface area contributed by atoms with E-state index in [9.17, 15) is 14.0 Å². The molecule has 1 fully saturated rings. The second-order valence-corrected chi connectivity index (χ2v) is 6.38. The van der Waals surface area contributed by atoms with Gasteiger partial charge in [-0.1, -0.05) is 25.1 Å². The smallest absolute Gasteiger partial charge is 0.223 e. The largest absolute Gasteiger partial charge is 0.352 e. The third-order valence-electron chi connectivity index (χ3n) is 4.31. The summed E-state index contributed by atoms with van der Waals surface area (Å²) in [5.41, 5.74) is 0.642. The lowest BCUT2D eigenvalue weighted by Gasteiger charge is -2.23. The van der Waals surface area contributed by atoms with Gasteiger partial charge in [-0.05, 0) is 37.8 Å². The zero-order valence-electron chi connectivity index (χ0n) is 13.8. The number of nitrogens with one attached hydrogen (secondary N) is 1. The van der Waals surface area contributed by atoms with Crippen molar-refractivity contribution < 1.29 is 14.0 Å². The van der Waals surface area contributed by atoms with Crippen LogP contribution in [-0.2, 0) is 16.0 Å². The number of amides is 2. The highest BCUT2D eigenvalue weighted by Gasteiger charge is 2.23. The van der Waals surface area contributed by atoms with Crippen molar-refractivity contribution in [1.82, 2.24) is 10.2 Å². The highest BCUT2D eigenvalue weighted by atomic mass is 19.1. The van der Waals surface area contributed by atoms with Crippen LogP contribution >= 0.6 is 0 Å². The first kappa shape index (κ1) is 17.4. The highest BCUT2D eigenvalue weighted by Crippen LogP contribution is 2.14. The molecular weight excluding hydrogens is 295 g/mol. The van der Waals surface area contributed by atoms with Gasteiger partial charge in [-0.15, -0.1) is 0 Å². The minimum Gasteiger partial charge on any atom is -0.352 e. The van der Waals surface area contributed by atoms with E-state index < -0.39 is 0 Å². The maximum absolute atomic E-state index is 13.6. The predicted molar refractivity (Wildman–Crippen MR) is 87.3 cm³/mol. The Morgan fingerprint density at radius 1 is 1.35 bits per heavy atom. The third kappa shape index (κ3) is 5.05. The standard InChI is InChI=1S/C18H25FN2O2/c1-13(9-10-15-6-3-4-7-16(15)19)18(23)20-14(2)12-21-11-5-8-17(21)22/h3-4,6-7,13-14H,5,8-12H2,1-2H3,(H,20,23)/t13-,14-/m1/s1. The van der Waals surface area contributed by atoms with Crippen molar-refractivity contribution in [2.75, 3.05) is 13.1 Å². The number of benzene rings is 1. The quantitative estimate of drug-likeness (QED) is 0.839. The van der Waals surface area contributed by atoms with E-state index >= 15 is 0 Å². The minimum absolute atomic E-state index is 0.0412. The Hall–Kier alpha value is -1.91. The molecule has 2 amide bonds. The van der Waals surface area contributed by atoms with Crippen molar-refractivity contribution in [2.24, 2.45) is 5.92 Å².